The Morgan fingerprint density at radius 2 is 1.97 bits per heavy atom. The van der Waals surface area contributed by atoms with Crippen LogP contribution in [0.1, 0.15) is 30.0 Å². The van der Waals surface area contributed by atoms with E-state index >= 15 is 0 Å². The second-order valence-electron chi connectivity index (χ2n) is 7.50. The number of benzene rings is 2. The summed E-state index contributed by atoms with van der Waals surface area (Å²) in [4.78, 5) is 23.9. The fourth-order valence-corrected chi connectivity index (χ4v) is 3.96. The predicted octanol–water partition coefficient (Wildman–Crippen LogP) is 4.24. The largest absolute Gasteiger partial charge is 0.497 e. The maximum absolute atomic E-state index is 13.7. The zero-order valence-corrected chi connectivity index (χ0v) is 16.9. The van der Waals surface area contributed by atoms with Gasteiger partial charge in [-0.1, -0.05) is 24.3 Å². The molecule has 0 radical (unpaired) electrons. The number of piperidine rings is 1. The van der Waals surface area contributed by atoms with Crippen LogP contribution in [0.25, 0.3) is 11.3 Å². The van der Waals surface area contributed by atoms with Crippen LogP contribution in [0.15, 0.2) is 60.9 Å². The first-order valence-electron chi connectivity index (χ1n) is 10.1. The average molecular weight is 405 g/mol. The Bertz CT molecular complexity index is 1020. The fraction of sp³-hybridized carbons (Fsp3) is 0.292. The van der Waals surface area contributed by atoms with Crippen LogP contribution in [0.5, 0.6) is 5.75 Å². The Balaban J connectivity index is 1.51. The normalized spacial score (nSPS) is 16.3. The zero-order valence-electron chi connectivity index (χ0n) is 16.9. The lowest BCUT2D eigenvalue weighted by Crippen LogP contribution is -2.40. The van der Waals surface area contributed by atoms with Crippen molar-refractivity contribution in [3.8, 4) is 17.0 Å². The van der Waals surface area contributed by atoms with Crippen LogP contribution in [0, 0.1) is 5.82 Å². The number of methoxy groups -OCH3 is 1. The topological polar surface area (TPSA) is 55.3 Å². The molecule has 2 aromatic carbocycles. The number of hydrogen-bond donors (Lipinski definition) is 0. The van der Waals surface area contributed by atoms with Gasteiger partial charge in [0.2, 0.25) is 5.91 Å². The molecular weight excluding hydrogens is 381 g/mol. The number of nitrogens with zero attached hydrogens (tertiary/aromatic N) is 3. The van der Waals surface area contributed by atoms with Gasteiger partial charge in [-0.15, -0.1) is 0 Å². The van der Waals surface area contributed by atoms with Gasteiger partial charge < -0.3 is 9.64 Å². The first-order valence-corrected chi connectivity index (χ1v) is 10.1. The molecule has 1 saturated heterocycles. The Morgan fingerprint density at radius 3 is 2.73 bits per heavy atom. The Kier molecular flexibility index (Phi) is 6.02. The van der Waals surface area contributed by atoms with Crippen LogP contribution in [0.2, 0.25) is 0 Å². The number of carbonyl (C=O) groups excluding carboxylic acids is 1. The van der Waals surface area contributed by atoms with E-state index in [0.29, 0.717) is 24.2 Å². The van der Waals surface area contributed by atoms with Crippen molar-refractivity contribution in [2.45, 2.75) is 25.2 Å². The molecule has 0 bridgehead atoms. The molecule has 1 atom stereocenters. The Hall–Kier alpha value is -3.28. The molecule has 0 N–H and O–H groups in total. The summed E-state index contributed by atoms with van der Waals surface area (Å²) in [6.45, 7) is 1.33. The standard InChI is InChI=1S/C24H24FN3O2/c1-30-21-9-7-17(8-10-21)14-22(29)28-13-3-5-19(16-28)24-23(26-11-12-27-24)18-4-2-6-20(25)15-18/h2,4,6-12,15,19H,3,5,13-14,16H2,1H3/t19-/m0/s1. The predicted molar refractivity (Wildman–Crippen MR) is 113 cm³/mol. The molecular formula is C24H24FN3O2. The molecule has 0 aliphatic carbocycles. The second-order valence-corrected chi connectivity index (χ2v) is 7.50. The first kappa shape index (κ1) is 20.0. The van der Waals surface area contributed by atoms with Gasteiger partial charge in [0.1, 0.15) is 11.6 Å². The highest BCUT2D eigenvalue weighted by Gasteiger charge is 2.28. The Morgan fingerprint density at radius 1 is 1.17 bits per heavy atom. The smallest absolute Gasteiger partial charge is 0.227 e. The van der Waals surface area contributed by atoms with E-state index in [-0.39, 0.29) is 17.6 Å². The minimum Gasteiger partial charge on any atom is -0.497 e. The van der Waals surface area contributed by atoms with Crippen molar-refractivity contribution in [1.82, 2.24) is 14.9 Å². The zero-order chi connectivity index (χ0) is 20.9. The van der Waals surface area contributed by atoms with E-state index in [4.69, 9.17) is 4.74 Å². The highest BCUT2D eigenvalue weighted by Crippen LogP contribution is 2.32. The van der Waals surface area contributed by atoms with Crippen LogP contribution >= 0.6 is 0 Å². The molecule has 2 heterocycles. The maximum atomic E-state index is 13.7. The van der Waals surface area contributed by atoms with Gasteiger partial charge >= 0.3 is 0 Å². The van der Waals surface area contributed by atoms with Gasteiger partial charge in [-0.3, -0.25) is 14.8 Å². The number of ether oxygens (including phenoxy) is 1. The van der Waals surface area contributed by atoms with E-state index in [0.717, 1.165) is 36.4 Å². The molecule has 3 aromatic rings. The lowest BCUT2D eigenvalue weighted by molar-refractivity contribution is -0.131. The number of aromatic nitrogens is 2. The third kappa shape index (κ3) is 4.48. The van der Waals surface area contributed by atoms with E-state index in [1.807, 2.05) is 35.2 Å². The van der Waals surface area contributed by atoms with Gasteiger partial charge in [0, 0.05) is 37.0 Å². The molecule has 1 aliphatic rings. The van der Waals surface area contributed by atoms with E-state index in [9.17, 15) is 9.18 Å². The number of halogens is 1. The molecule has 1 aliphatic heterocycles. The van der Waals surface area contributed by atoms with Gasteiger partial charge in [0.25, 0.3) is 0 Å². The third-order valence-corrected chi connectivity index (χ3v) is 5.50. The second kappa shape index (κ2) is 9.03. The summed E-state index contributed by atoms with van der Waals surface area (Å²) in [5, 5.41) is 0. The summed E-state index contributed by atoms with van der Waals surface area (Å²) in [6, 6.07) is 14.0. The third-order valence-electron chi connectivity index (χ3n) is 5.50. The first-order chi connectivity index (χ1) is 14.6. The van der Waals surface area contributed by atoms with Gasteiger partial charge in [0.05, 0.1) is 24.9 Å². The number of carbonyl (C=O) groups is 1. The quantitative estimate of drug-likeness (QED) is 0.637. The fourth-order valence-electron chi connectivity index (χ4n) is 3.96. The highest BCUT2D eigenvalue weighted by molar-refractivity contribution is 5.79. The monoisotopic (exact) mass is 405 g/mol. The lowest BCUT2D eigenvalue weighted by atomic mass is 9.91. The molecule has 1 amide bonds. The highest BCUT2D eigenvalue weighted by atomic mass is 19.1. The molecule has 0 saturated carbocycles. The van der Waals surface area contributed by atoms with Crippen LogP contribution < -0.4 is 4.74 Å². The number of hydrogen-bond acceptors (Lipinski definition) is 4. The van der Waals surface area contributed by atoms with Crippen molar-refractivity contribution in [2.24, 2.45) is 0 Å². The number of amides is 1. The summed E-state index contributed by atoms with van der Waals surface area (Å²) in [6.07, 6.45) is 5.47. The molecule has 154 valence electrons. The van der Waals surface area contributed by atoms with Gasteiger partial charge in [0.15, 0.2) is 0 Å². The van der Waals surface area contributed by atoms with Crippen molar-refractivity contribution in [1.29, 1.82) is 0 Å². The van der Waals surface area contributed by atoms with Crippen LogP contribution in [-0.2, 0) is 11.2 Å². The summed E-state index contributed by atoms with van der Waals surface area (Å²) < 4.78 is 18.9. The molecule has 0 spiro atoms. The van der Waals surface area contributed by atoms with E-state index in [2.05, 4.69) is 9.97 Å². The van der Waals surface area contributed by atoms with Gasteiger partial charge in [-0.05, 0) is 42.7 Å². The summed E-state index contributed by atoms with van der Waals surface area (Å²) in [5.74, 6) is 0.646. The number of likely N-dealkylation sites (tertiary alicyclic amines) is 1. The van der Waals surface area contributed by atoms with E-state index in [1.54, 1.807) is 25.6 Å². The van der Waals surface area contributed by atoms with Crippen molar-refractivity contribution >= 4 is 5.91 Å². The Labute approximate surface area is 175 Å². The molecule has 1 aromatic heterocycles. The maximum Gasteiger partial charge on any atom is 0.227 e. The van der Waals surface area contributed by atoms with Gasteiger partial charge in [-0.2, -0.15) is 0 Å². The molecule has 30 heavy (non-hydrogen) atoms. The van der Waals surface area contributed by atoms with E-state index in [1.165, 1.54) is 12.1 Å². The molecule has 5 nitrogen and oxygen atoms in total. The molecule has 6 heteroatoms. The van der Waals surface area contributed by atoms with Crippen LogP contribution in [0.4, 0.5) is 4.39 Å². The lowest BCUT2D eigenvalue weighted by Gasteiger charge is -2.33. The molecule has 0 unspecified atom stereocenters. The summed E-state index contributed by atoms with van der Waals surface area (Å²) in [7, 11) is 1.62. The van der Waals surface area contributed by atoms with Gasteiger partial charge in [-0.25, -0.2) is 4.39 Å². The summed E-state index contributed by atoms with van der Waals surface area (Å²) in [5.41, 5.74) is 3.18. The molecule has 1 fully saturated rings. The molecule has 4 rings (SSSR count). The summed E-state index contributed by atoms with van der Waals surface area (Å²) >= 11 is 0. The minimum atomic E-state index is -0.302. The average Bonchev–Trinajstić information content (AvgIpc) is 2.79. The van der Waals surface area contributed by atoms with Crippen LogP contribution in [0.3, 0.4) is 0 Å². The number of rotatable bonds is 5. The van der Waals surface area contributed by atoms with Crippen molar-refractivity contribution in [3.63, 3.8) is 0 Å². The van der Waals surface area contributed by atoms with Crippen molar-refractivity contribution in [2.75, 3.05) is 20.2 Å². The van der Waals surface area contributed by atoms with E-state index < -0.39 is 0 Å². The minimum absolute atomic E-state index is 0.0746. The van der Waals surface area contributed by atoms with Crippen LogP contribution in [-0.4, -0.2) is 41.0 Å². The van der Waals surface area contributed by atoms with Crippen molar-refractivity contribution in [3.05, 3.63) is 78.0 Å². The SMILES string of the molecule is COc1ccc(CC(=O)N2CCC[C@H](c3nccnc3-c3cccc(F)c3)C2)cc1. The van der Waals surface area contributed by atoms with Crippen molar-refractivity contribution < 1.29 is 13.9 Å².